The van der Waals surface area contributed by atoms with E-state index in [9.17, 15) is 0 Å². The molecule has 0 rings (SSSR count). The maximum atomic E-state index is 5.92. The van der Waals surface area contributed by atoms with Gasteiger partial charge in [0.15, 0.2) is 13.1 Å². The summed E-state index contributed by atoms with van der Waals surface area (Å²) in [6.07, 6.45) is 26.1. The number of unbranched alkanes of at least 4 members (excludes halogenated alkanes) is 13. The van der Waals surface area contributed by atoms with E-state index in [1.165, 1.54) is 83.5 Å². The normalized spacial score (nSPS) is 11.8. The quantitative estimate of drug-likeness (QED) is 0.0702. The van der Waals surface area contributed by atoms with Crippen molar-refractivity contribution in [3.05, 3.63) is 12.3 Å². The van der Waals surface area contributed by atoms with Crippen LogP contribution in [0.25, 0.3) is 0 Å². The first-order valence-electron chi connectivity index (χ1n) is 13.9. The van der Waals surface area contributed by atoms with Crippen LogP contribution < -0.4 is 0 Å². The van der Waals surface area contributed by atoms with Gasteiger partial charge >= 0.3 is 0 Å². The van der Waals surface area contributed by atoms with Gasteiger partial charge < -0.3 is 18.9 Å². The number of hydrogen-bond donors (Lipinski definition) is 0. The molecule has 0 saturated carbocycles. The van der Waals surface area contributed by atoms with Gasteiger partial charge in [0.05, 0.1) is 12.9 Å². The maximum absolute atomic E-state index is 5.92. The van der Waals surface area contributed by atoms with Crippen molar-refractivity contribution in [1.29, 1.82) is 0 Å². The van der Waals surface area contributed by atoms with Crippen molar-refractivity contribution >= 4 is 0 Å². The third-order valence-electron chi connectivity index (χ3n) is 5.65. The summed E-state index contributed by atoms with van der Waals surface area (Å²) in [5, 5.41) is 0. The molecule has 4 nitrogen and oxygen atoms in total. The van der Waals surface area contributed by atoms with Gasteiger partial charge in [0.25, 0.3) is 0 Å². The van der Waals surface area contributed by atoms with Crippen LogP contribution in [0.2, 0.25) is 0 Å². The fourth-order valence-corrected chi connectivity index (χ4v) is 3.48. The van der Waals surface area contributed by atoms with Gasteiger partial charge in [0.1, 0.15) is 0 Å². The van der Waals surface area contributed by atoms with Crippen molar-refractivity contribution in [3.8, 4) is 0 Å². The number of ether oxygens (including phenoxy) is 4. The second-order valence-electron chi connectivity index (χ2n) is 8.91. The van der Waals surface area contributed by atoms with Gasteiger partial charge in [-0.2, -0.15) is 0 Å². The molecular weight excluding hydrogens is 400 g/mol. The molecule has 0 N–H and O–H groups in total. The number of hydrogen-bond acceptors (Lipinski definition) is 4. The molecule has 0 aromatic rings. The monoisotopic (exact) mass is 456 g/mol. The average molecular weight is 457 g/mol. The molecular formula is C28H56O4. The van der Waals surface area contributed by atoms with E-state index >= 15 is 0 Å². The Kier molecular flexibility index (Phi) is 27.9. The summed E-state index contributed by atoms with van der Waals surface area (Å²) in [5.41, 5.74) is 0. The summed E-state index contributed by atoms with van der Waals surface area (Å²) in [6, 6.07) is 0. The van der Waals surface area contributed by atoms with Crippen LogP contribution in [0, 0.1) is 0 Å². The molecule has 32 heavy (non-hydrogen) atoms. The van der Waals surface area contributed by atoms with E-state index in [4.69, 9.17) is 18.9 Å². The highest BCUT2D eigenvalue weighted by Crippen LogP contribution is 2.14. The molecule has 0 aliphatic carbocycles. The summed E-state index contributed by atoms with van der Waals surface area (Å²) < 4.78 is 22.7. The minimum Gasteiger partial charge on any atom is -0.475 e. The van der Waals surface area contributed by atoms with E-state index < -0.39 is 0 Å². The Morgan fingerprint density at radius 1 is 0.562 bits per heavy atom. The summed E-state index contributed by atoms with van der Waals surface area (Å²) in [7, 11) is 0. The van der Waals surface area contributed by atoms with Crippen LogP contribution in [0.4, 0.5) is 0 Å². The molecule has 0 aliphatic heterocycles. The highest BCUT2D eigenvalue weighted by Gasteiger charge is 2.08. The largest absolute Gasteiger partial charge is 0.475 e. The molecule has 0 aromatic heterocycles. The lowest BCUT2D eigenvalue weighted by atomic mass is 10.1. The standard InChI is InChI=1S/C28H56O4/c1-4-7-10-17-20-23-29-27-30-24-21-18-15-13-11-12-14-16-19-22-28(31-25-8-5-2)32-26-9-6-3/h21,24,28H,4-20,22-23,25-27H2,1-3H3. The first-order chi connectivity index (χ1) is 15.8. The van der Waals surface area contributed by atoms with Crippen molar-refractivity contribution in [3.63, 3.8) is 0 Å². The third-order valence-corrected chi connectivity index (χ3v) is 5.65. The molecule has 0 bridgehead atoms. The minimum absolute atomic E-state index is 0.0123. The van der Waals surface area contributed by atoms with Gasteiger partial charge in [0, 0.05) is 13.2 Å². The second-order valence-corrected chi connectivity index (χ2v) is 8.91. The van der Waals surface area contributed by atoms with E-state index in [0.717, 1.165) is 51.9 Å². The summed E-state index contributed by atoms with van der Waals surface area (Å²) >= 11 is 0. The van der Waals surface area contributed by atoms with Crippen molar-refractivity contribution in [2.75, 3.05) is 26.6 Å². The van der Waals surface area contributed by atoms with Crippen molar-refractivity contribution in [1.82, 2.24) is 0 Å². The van der Waals surface area contributed by atoms with Crippen LogP contribution in [0.1, 0.15) is 136 Å². The minimum atomic E-state index is 0.0123. The first kappa shape index (κ1) is 31.4. The maximum Gasteiger partial charge on any atom is 0.188 e. The molecule has 0 aromatic carbocycles. The fraction of sp³-hybridized carbons (Fsp3) is 0.929. The third kappa shape index (κ3) is 25.7. The van der Waals surface area contributed by atoms with Crippen LogP contribution in [0.3, 0.4) is 0 Å². The van der Waals surface area contributed by atoms with Crippen molar-refractivity contribution < 1.29 is 18.9 Å². The van der Waals surface area contributed by atoms with E-state index in [1.54, 1.807) is 6.26 Å². The molecule has 0 fully saturated rings. The zero-order chi connectivity index (χ0) is 23.4. The molecule has 4 heteroatoms. The van der Waals surface area contributed by atoms with Gasteiger partial charge in [0.2, 0.25) is 0 Å². The fourth-order valence-electron chi connectivity index (χ4n) is 3.48. The summed E-state index contributed by atoms with van der Waals surface area (Å²) in [5.74, 6) is 0. The van der Waals surface area contributed by atoms with Gasteiger partial charge in [-0.15, -0.1) is 0 Å². The number of rotatable bonds is 27. The summed E-state index contributed by atoms with van der Waals surface area (Å²) in [6.45, 7) is 9.51. The van der Waals surface area contributed by atoms with Crippen molar-refractivity contribution in [2.45, 2.75) is 143 Å². The molecule has 0 saturated heterocycles. The molecule has 192 valence electrons. The molecule has 0 aliphatic rings. The topological polar surface area (TPSA) is 36.9 Å². The zero-order valence-electron chi connectivity index (χ0n) is 21.9. The van der Waals surface area contributed by atoms with E-state index in [0.29, 0.717) is 6.79 Å². The lowest BCUT2D eigenvalue weighted by molar-refractivity contribution is -0.147. The molecule has 0 heterocycles. The SMILES string of the molecule is CCCCCCCOCOC=CCCCCCCCCCC(OCCCC)OCCCC. The van der Waals surface area contributed by atoms with Crippen LogP contribution in [0.5, 0.6) is 0 Å². The first-order valence-corrected chi connectivity index (χ1v) is 13.9. The Bertz CT molecular complexity index is 349. The molecule has 0 radical (unpaired) electrons. The Labute approximate surface area is 200 Å². The smallest absolute Gasteiger partial charge is 0.188 e. The Hall–Kier alpha value is -0.580. The van der Waals surface area contributed by atoms with Crippen LogP contribution in [-0.4, -0.2) is 32.9 Å². The molecule has 0 unspecified atom stereocenters. The Balaban J connectivity index is 3.39. The van der Waals surface area contributed by atoms with Crippen LogP contribution in [-0.2, 0) is 18.9 Å². The molecule has 0 spiro atoms. The second kappa shape index (κ2) is 28.5. The van der Waals surface area contributed by atoms with Crippen LogP contribution >= 0.6 is 0 Å². The average Bonchev–Trinajstić information content (AvgIpc) is 2.80. The number of allylic oxidation sites excluding steroid dienone is 1. The predicted molar refractivity (Wildman–Crippen MR) is 137 cm³/mol. The van der Waals surface area contributed by atoms with Gasteiger partial charge in [-0.3, -0.25) is 0 Å². The highest BCUT2D eigenvalue weighted by atomic mass is 16.7. The molecule has 0 atom stereocenters. The zero-order valence-corrected chi connectivity index (χ0v) is 21.9. The lowest BCUT2D eigenvalue weighted by Gasteiger charge is -2.18. The Morgan fingerprint density at radius 3 is 1.78 bits per heavy atom. The molecule has 0 amide bonds. The van der Waals surface area contributed by atoms with Crippen molar-refractivity contribution in [2.24, 2.45) is 0 Å². The van der Waals surface area contributed by atoms with Gasteiger partial charge in [-0.25, -0.2) is 0 Å². The van der Waals surface area contributed by atoms with Crippen LogP contribution in [0.15, 0.2) is 12.3 Å². The Morgan fingerprint density at radius 2 is 1.12 bits per heavy atom. The highest BCUT2D eigenvalue weighted by molar-refractivity contribution is 4.72. The van der Waals surface area contributed by atoms with Gasteiger partial charge in [-0.1, -0.05) is 91.4 Å². The van der Waals surface area contributed by atoms with E-state index in [1.807, 2.05) is 0 Å². The summed E-state index contributed by atoms with van der Waals surface area (Å²) in [4.78, 5) is 0. The van der Waals surface area contributed by atoms with E-state index in [-0.39, 0.29) is 6.29 Å². The van der Waals surface area contributed by atoms with E-state index in [2.05, 4.69) is 26.8 Å². The van der Waals surface area contributed by atoms with Gasteiger partial charge in [-0.05, 0) is 51.0 Å². The lowest BCUT2D eigenvalue weighted by Crippen LogP contribution is -2.18. The predicted octanol–water partition coefficient (Wildman–Crippen LogP) is 8.93.